The summed E-state index contributed by atoms with van der Waals surface area (Å²) in [4.78, 5) is 10.4. The number of hydrogen-bond acceptors (Lipinski definition) is 2. The maximum atomic E-state index is 10.4. The van der Waals surface area contributed by atoms with Gasteiger partial charge in [0, 0.05) is 12.3 Å². The van der Waals surface area contributed by atoms with Crippen LogP contribution in [0.25, 0.3) is 0 Å². The van der Waals surface area contributed by atoms with Crippen molar-refractivity contribution in [1.29, 1.82) is 0 Å². The maximum Gasteiger partial charge on any atom is 0.250 e. The summed E-state index contributed by atoms with van der Waals surface area (Å²) in [6, 6.07) is 0. The summed E-state index contributed by atoms with van der Waals surface area (Å²) in [7, 11) is 0. The molecule has 3 heteroatoms. The van der Waals surface area contributed by atoms with Gasteiger partial charge in [0.2, 0.25) is 0 Å². The topological polar surface area (TPSA) is 41.1 Å². The minimum absolute atomic E-state index is 0.131. The molecule has 0 radical (unpaired) electrons. The summed E-state index contributed by atoms with van der Waals surface area (Å²) in [6.07, 6.45) is 2.94. The molecular formula is C5H6N2O. The highest BCUT2D eigenvalue weighted by Gasteiger charge is 1.99. The number of hydrogen-bond donors (Lipinski definition) is 2. The zero-order valence-corrected chi connectivity index (χ0v) is 4.27. The van der Waals surface area contributed by atoms with Gasteiger partial charge in [0.05, 0.1) is 0 Å². The van der Waals surface area contributed by atoms with Crippen molar-refractivity contribution in [3.63, 3.8) is 0 Å². The first-order chi connectivity index (χ1) is 3.79. The molecule has 0 aromatic carbocycles. The summed E-state index contributed by atoms with van der Waals surface area (Å²) >= 11 is 0. The SMILES string of the molecule is C=C1NC=CC(=O)N1. The van der Waals surface area contributed by atoms with E-state index in [4.69, 9.17) is 0 Å². The molecular weight excluding hydrogens is 104 g/mol. The Kier molecular flexibility index (Phi) is 1.04. The zero-order valence-electron chi connectivity index (χ0n) is 4.27. The molecule has 1 aliphatic rings. The third-order valence-corrected chi connectivity index (χ3v) is 0.766. The van der Waals surface area contributed by atoms with E-state index in [2.05, 4.69) is 17.2 Å². The van der Waals surface area contributed by atoms with Crippen LogP contribution in [0.5, 0.6) is 0 Å². The third kappa shape index (κ3) is 0.872. The van der Waals surface area contributed by atoms with Gasteiger partial charge in [-0.05, 0) is 0 Å². The molecule has 0 aromatic rings. The monoisotopic (exact) mass is 110 g/mol. The van der Waals surface area contributed by atoms with Crippen LogP contribution in [-0.4, -0.2) is 5.91 Å². The van der Waals surface area contributed by atoms with E-state index in [-0.39, 0.29) is 5.91 Å². The van der Waals surface area contributed by atoms with Crippen molar-refractivity contribution in [2.45, 2.75) is 0 Å². The van der Waals surface area contributed by atoms with Gasteiger partial charge in [0.25, 0.3) is 5.91 Å². The van der Waals surface area contributed by atoms with Crippen LogP contribution in [0.15, 0.2) is 24.7 Å². The Labute approximate surface area is 47.1 Å². The summed E-state index contributed by atoms with van der Waals surface area (Å²) in [5, 5.41) is 5.15. The van der Waals surface area contributed by atoms with Gasteiger partial charge in [0.1, 0.15) is 5.82 Å². The van der Waals surface area contributed by atoms with Gasteiger partial charge in [-0.2, -0.15) is 0 Å². The molecule has 0 spiro atoms. The van der Waals surface area contributed by atoms with E-state index < -0.39 is 0 Å². The van der Waals surface area contributed by atoms with Crippen LogP contribution in [-0.2, 0) is 4.79 Å². The fourth-order valence-electron chi connectivity index (χ4n) is 0.444. The number of carbonyl (C=O) groups excluding carboxylic acids is 1. The second kappa shape index (κ2) is 1.69. The molecule has 8 heavy (non-hydrogen) atoms. The normalized spacial score (nSPS) is 17.5. The molecule has 42 valence electrons. The van der Waals surface area contributed by atoms with Gasteiger partial charge in [-0.25, -0.2) is 0 Å². The van der Waals surface area contributed by atoms with E-state index in [1.54, 1.807) is 6.20 Å². The molecule has 1 amide bonds. The van der Waals surface area contributed by atoms with Crippen molar-refractivity contribution in [1.82, 2.24) is 10.6 Å². The van der Waals surface area contributed by atoms with Crippen LogP contribution in [0.4, 0.5) is 0 Å². The Morgan fingerprint density at radius 1 is 1.62 bits per heavy atom. The molecule has 1 aliphatic heterocycles. The second-order valence-electron chi connectivity index (χ2n) is 1.45. The molecule has 0 bridgehead atoms. The highest BCUT2D eigenvalue weighted by atomic mass is 16.1. The van der Waals surface area contributed by atoms with Crippen LogP contribution < -0.4 is 10.6 Å². The number of rotatable bonds is 0. The first-order valence-electron chi connectivity index (χ1n) is 2.22. The van der Waals surface area contributed by atoms with Crippen molar-refractivity contribution in [3.8, 4) is 0 Å². The van der Waals surface area contributed by atoms with Crippen molar-refractivity contribution in [2.75, 3.05) is 0 Å². The average molecular weight is 110 g/mol. The van der Waals surface area contributed by atoms with Gasteiger partial charge >= 0.3 is 0 Å². The van der Waals surface area contributed by atoms with Crippen molar-refractivity contribution < 1.29 is 4.79 Å². The van der Waals surface area contributed by atoms with Crippen molar-refractivity contribution in [3.05, 3.63) is 24.7 Å². The van der Waals surface area contributed by atoms with Crippen molar-refractivity contribution >= 4 is 5.91 Å². The standard InChI is InChI=1S/C5H6N2O/c1-4-6-3-2-5(8)7-4/h2-3,6H,1H2,(H,7,8). The quantitative estimate of drug-likeness (QED) is 0.449. The van der Waals surface area contributed by atoms with Crippen LogP contribution in [0.2, 0.25) is 0 Å². The number of amides is 1. The predicted octanol–water partition coefficient (Wildman–Crippen LogP) is -0.309. The van der Waals surface area contributed by atoms with Gasteiger partial charge in [-0.3, -0.25) is 4.79 Å². The minimum Gasteiger partial charge on any atom is -0.348 e. The van der Waals surface area contributed by atoms with Crippen LogP contribution in [0.3, 0.4) is 0 Å². The summed E-state index contributed by atoms with van der Waals surface area (Å²) in [5.74, 6) is 0.395. The van der Waals surface area contributed by atoms with Gasteiger partial charge in [0.15, 0.2) is 0 Å². The largest absolute Gasteiger partial charge is 0.348 e. The molecule has 0 atom stereocenters. The molecule has 0 fully saturated rings. The summed E-state index contributed by atoms with van der Waals surface area (Å²) < 4.78 is 0. The van der Waals surface area contributed by atoms with Gasteiger partial charge in [-0.1, -0.05) is 6.58 Å². The third-order valence-electron chi connectivity index (χ3n) is 0.766. The molecule has 1 rings (SSSR count). The summed E-state index contributed by atoms with van der Waals surface area (Å²) in [6.45, 7) is 3.47. The van der Waals surface area contributed by atoms with Crippen LogP contribution >= 0.6 is 0 Å². The number of nitrogens with one attached hydrogen (secondary N) is 2. The molecule has 3 nitrogen and oxygen atoms in total. The molecule has 2 N–H and O–H groups in total. The molecule has 0 unspecified atom stereocenters. The fraction of sp³-hybridized carbons (Fsp3) is 0. The van der Waals surface area contributed by atoms with E-state index in [9.17, 15) is 4.79 Å². The van der Waals surface area contributed by atoms with E-state index in [0.717, 1.165) is 0 Å². The Bertz CT molecular complexity index is 160. The molecule has 0 saturated carbocycles. The smallest absolute Gasteiger partial charge is 0.250 e. The highest BCUT2D eigenvalue weighted by molar-refractivity contribution is 5.89. The van der Waals surface area contributed by atoms with E-state index >= 15 is 0 Å². The Morgan fingerprint density at radius 3 is 2.75 bits per heavy atom. The van der Waals surface area contributed by atoms with Gasteiger partial charge in [-0.15, -0.1) is 0 Å². The van der Waals surface area contributed by atoms with E-state index in [0.29, 0.717) is 5.82 Å². The molecule has 0 saturated heterocycles. The molecule has 0 aromatic heterocycles. The summed E-state index contributed by atoms with van der Waals surface area (Å²) in [5.41, 5.74) is 0. The van der Waals surface area contributed by atoms with E-state index in [1.807, 2.05) is 0 Å². The Morgan fingerprint density at radius 2 is 2.38 bits per heavy atom. The lowest BCUT2D eigenvalue weighted by molar-refractivity contribution is -0.116. The van der Waals surface area contributed by atoms with Gasteiger partial charge < -0.3 is 10.6 Å². The lowest BCUT2D eigenvalue weighted by Gasteiger charge is -2.08. The number of carbonyl (C=O) groups is 1. The highest BCUT2D eigenvalue weighted by Crippen LogP contribution is 1.84. The minimum atomic E-state index is -0.131. The fourth-order valence-corrected chi connectivity index (χ4v) is 0.444. The maximum absolute atomic E-state index is 10.4. The van der Waals surface area contributed by atoms with Crippen molar-refractivity contribution in [2.24, 2.45) is 0 Å². The molecule has 0 aliphatic carbocycles. The predicted molar refractivity (Wildman–Crippen MR) is 29.6 cm³/mol. The second-order valence-corrected chi connectivity index (χ2v) is 1.45. The van der Waals surface area contributed by atoms with Crippen LogP contribution in [0, 0.1) is 0 Å². The first kappa shape index (κ1) is 4.90. The lowest BCUT2D eigenvalue weighted by Crippen LogP contribution is -2.30. The van der Waals surface area contributed by atoms with E-state index in [1.165, 1.54) is 6.08 Å². The molecule has 1 heterocycles. The Hall–Kier alpha value is -1.25. The van der Waals surface area contributed by atoms with Crippen LogP contribution in [0.1, 0.15) is 0 Å². The lowest BCUT2D eigenvalue weighted by atomic mass is 10.5. The Balaban J connectivity index is 2.68. The average Bonchev–Trinajstić information content (AvgIpc) is 1.64. The zero-order chi connectivity index (χ0) is 5.98. The first-order valence-corrected chi connectivity index (χ1v) is 2.22.